The van der Waals surface area contributed by atoms with Crippen molar-refractivity contribution in [3.63, 3.8) is 0 Å². The molecule has 0 saturated carbocycles. The molecule has 2 aliphatic heterocycles. The number of methoxy groups -OCH3 is 1. The normalized spacial score (nSPS) is 23.1. The Hall–Kier alpha value is -1.65. The molecule has 8 nitrogen and oxygen atoms in total. The molecule has 2 aliphatic rings. The minimum atomic E-state index is -3.89. The van der Waals surface area contributed by atoms with Crippen LogP contribution in [0.5, 0.6) is 5.75 Å². The van der Waals surface area contributed by atoms with E-state index in [0.717, 1.165) is 12.8 Å². The van der Waals surface area contributed by atoms with Gasteiger partial charge in [0.1, 0.15) is 10.6 Å². The van der Waals surface area contributed by atoms with Crippen LogP contribution in [0.15, 0.2) is 23.1 Å². The van der Waals surface area contributed by atoms with Gasteiger partial charge in [-0.15, -0.1) is 0 Å². The van der Waals surface area contributed by atoms with E-state index in [9.17, 15) is 21.6 Å². The van der Waals surface area contributed by atoms with Crippen LogP contribution in [0.1, 0.15) is 33.6 Å². The summed E-state index contributed by atoms with van der Waals surface area (Å²) in [5.41, 5.74) is -1.05. The average Bonchev–Trinajstić information content (AvgIpc) is 2.77. The molecule has 0 spiro atoms. The Kier molecular flexibility index (Phi) is 5.26. The van der Waals surface area contributed by atoms with Crippen LogP contribution in [0.2, 0.25) is 0 Å². The number of hydrogen-bond acceptors (Lipinski definition) is 6. The van der Waals surface area contributed by atoms with E-state index in [0.29, 0.717) is 23.3 Å². The van der Waals surface area contributed by atoms with E-state index in [1.807, 2.05) is 0 Å². The summed E-state index contributed by atoms with van der Waals surface area (Å²) in [6.45, 7) is 5.98. The van der Waals surface area contributed by atoms with E-state index in [1.54, 1.807) is 13.8 Å². The number of rotatable bonds is 4. The first-order valence-electron chi connectivity index (χ1n) is 9.16. The summed E-state index contributed by atoms with van der Waals surface area (Å²) in [4.78, 5) is 12.5. The third kappa shape index (κ3) is 3.53. The highest BCUT2D eigenvalue weighted by molar-refractivity contribution is 7.94. The van der Waals surface area contributed by atoms with Gasteiger partial charge < -0.3 is 4.74 Å². The third-order valence-electron chi connectivity index (χ3n) is 5.33. The van der Waals surface area contributed by atoms with Crippen LogP contribution in [0.25, 0.3) is 0 Å². The second-order valence-electron chi connectivity index (χ2n) is 8.13. The molecule has 1 amide bonds. The molecule has 0 aliphatic carbocycles. The number of piperidine rings is 1. The lowest BCUT2D eigenvalue weighted by Gasteiger charge is -2.30. The standard InChI is InChI=1S/C18H26N2O6S2/c1-13-7-9-19(10-8-13)28(24,25)16-11-14(5-6-15(16)26-4)20-17(21)18(2,3)12-27(20,22)23/h5-6,11,13H,7-10,12H2,1-4H3. The number of carbonyl (C=O) groups excluding carboxylic acids is 1. The maximum atomic E-state index is 13.2. The summed E-state index contributed by atoms with van der Waals surface area (Å²) in [6.07, 6.45) is 1.52. The summed E-state index contributed by atoms with van der Waals surface area (Å²) in [5, 5.41) is 0. The van der Waals surface area contributed by atoms with E-state index < -0.39 is 31.4 Å². The van der Waals surface area contributed by atoms with Crippen LogP contribution < -0.4 is 9.04 Å². The Morgan fingerprint density at radius 2 is 1.79 bits per heavy atom. The first-order chi connectivity index (χ1) is 12.9. The monoisotopic (exact) mass is 430 g/mol. The Morgan fingerprint density at radius 3 is 2.29 bits per heavy atom. The van der Waals surface area contributed by atoms with E-state index in [4.69, 9.17) is 4.74 Å². The summed E-state index contributed by atoms with van der Waals surface area (Å²) in [7, 11) is -6.41. The summed E-state index contributed by atoms with van der Waals surface area (Å²) in [6, 6.07) is 4.01. The van der Waals surface area contributed by atoms with Crippen molar-refractivity contribution in [3.05, 3.63) is 18.2 Å². The zero-order valence-electron chi connectivity index (χ0n) is 16.5. The van der Waals surface area contributed by atoms with Gasteiger partial charge in [0.2, 0.25) is 26.0 Å². The Balaban J connectivity index is 2.08. The van der Waals surface area contributed by atoms with E-state index in [-0.39, 0.29) is 22.1 Å². The van der Waals surface area contributed by atoms with Crippen LogP contribution in [0.4, 0.5) is 5.69 Å². The lowest BCUT2D eigenvalue weighted by Crippen LogP contribution is -2.38. The number of anilines is 1. The lowest BCUT2D eigenvalue weighted by molar-refractivity contribution is -0.123. The maximum absolute atomic E-state index is 13.2. The second-order valence-corrected chi connectivity index (χ2v) is 11.9. The molecule has 0 unspecified atom stereocenters. The molecule has 2 fully saturated rings. The van der Waals surface area contributed by atoms with Gasteiger partial charge in [-0.2, -0.15) is 4.31 Å². The maximum Gasteiger partial charge on any atom is 0.247 e. The zero-order valence-corrected chi connectivity index (χ0v) is 18.1. The van der Waals surface area contributed by atoms with Crippen molar-refractivity contribution in [2.75, 3.05) is 30.3 Å². The molecular formula is C18H26N2O6S2. The lowest BCUT2D eigenvalue weighted by atomic mass is 9.95. The van der Waals surface area contributed by atoms with Gasteiger partial charge in [0.15, 0.2) is 0 Å². The quantitative estimate of drug-likeness (QED) is 0.722. The van der Waals surface area contributed by atoms with Gasteiger partial charge in [-0.3, -0.25) is 4.79 Å². The van der Waals surface area contributed by atoms with Crippen LogP contribution in [0.3, 0.4) is 0 Å². The molecule has 10 heteroatoms. The molecule has 1 aromatic rings. The summed E-state index contributed by atoms with van der Waals surface area (Å²) in [5.74, 6) is -0.329. The van der Waals surface area contributed by atoms with Crippen LogP contribution in [-0.2, 0) is 24.8 Å². The van der Waals surface area contributed by atoms with Crippen molar-refractivity contribution in [3.8, 4) is 5.75 Å². The highest BCUT2D eigenvalue weighted by Crippen LogP contribution is 2.39. The molecule has 0 aromatic heterocycles. The highest BCUT2D eigenvalue weighted by Gasteiger charge is 2.50. The zero-order chi connectivity index (χ0) is 20.9. The minimum absolute atomic E-state index is 0.0142. The van der Waals surface area contributed by atoms with Crippen molar-refractivity contribution < 1.29 is 26.4 Å². The first kappa shape index (κ1) is 21.1. The SMILES string of the molecule is COc1ccc(N2C(=O)C(C)(C)CS2(=O)=O)cc1S(=O)(=O)N1CCC(C)CC1. The Labute approximate surface area is 166 Å². The molecule has 2 heterocycles. The van der Waals surface area contributed by atoms with E-state index >= 15 is 0 Å². The number of ether oxygens (including phenoxy) is 1. The van der Waals surface area contributed by atoms with Gasteiger partial charge in [0.25, 0.3) is 0 Å². The van der Waals surface area contributed by atoms with Gasteiger partial charge in [-0.05, 0) is 50.8 Å². The Bertz CT molecular complexity index is 993. The van der Waals surface area contributed by atoms with Crippen molar-refractivity contribution in [1.29, 1.82) is 0 Å². The van der Waals surface area contributed by atoms with E-state index in [2.05, 4.69) is 6.92 Å². The smallest absolute Gasteiger partial charge is 0.247 e. The van der Waals surface area contributed by atoms with Gasteiger partial charge in [-0.1, -0.05) is 6.92 Å². The van der Waals surface area contributed by atoms with Crippen LogP contribution >= 0.6 is 0 Å². The number of sulfonamides is 2. The second kappa shape index (κ2) is 7.00. The molecule has 3 rings (SSSR count). The number of amides is 1. The molecular weight excluding hydrogens is 404 g/mol. The van der Waals surface area contributed by atoms with Crippen molar-refractivity contribution in [2.24, 2.45) is 11.3 Å². The fourth-order valence-electron chi connectivity index (χ4n) is 3.62. The third-order valence-corrected chi connectivity index (χ3v) is 9.27. The van der Waals surface area contributed by atoms with Crippen molar-refractivity contribution >= 4 is 31.6 Å². The number of nitrogens with zero attached hydrogens (tertiary/aromatic N) is 2. The molecule has 0 radical (unpaired) electrons. The van der Waals surface area contributed by atoms with Crippen LogP contribution in [0, 0.1) is 11.3 Å². The number of hydrogen-bond donors (Lipinski definition) is 0. The number of benzene rings is 1. The average molecular weight is 431 g/mol. The molecule has 0 N–H and O–H groups in total. The number of carbonyl (C=O) groups is 1. The fourth-order valence-corrected chi connectivity index (χ4v) is 7.36. The van der Waals surface area contributed by atoms with Gasteiger partial charge in [0, 0.05) is 13.1 Å². The Morgan fingerprint density at radius 1 is 1.18 bits per heavy atom. The predicted molar refractivity (Wildman–Crippen MR) is 105 cm³/mol. The first-order valence-corrected chi connectivity index (χ1v) is 12.2. The fraction of sp³-hybridized carbons (Fsp3) is 0.611. The van der Waals surface area contributed by atoms with E-state index in [1.165, 1.54) is 29.6 Å². The molecule has 156 valence electrons. The van der Waals surface area contributed by atoms with Gasteiger partial charge in [0.05, 0.1) is 24.0 Å². The minimum Gasteiger partial charge on any atom is -0.495 e. The summed E-state index contributed by atoms with van der Waals surface area (Å²) < 4.78 is 58.8. The highest BCUT2D eigenvalue weighted by atomic mass is 32.2. The van der Waals surface area contributed by atoms with Crippen molar-refractivity contribution in [2.45, 2.75) is 38.5 Å². The van der Waals surface area contributed by atoms with Crippen molar-refractivity contribution in [1.82, 2.24) is 4.31 Å². The topological polar surface area (TPSA) is 101 Å². The van der Waals surface area contributed by atoms with Gasteiger partial charge >= 0.3 is 0 Å². The largest absolute Gasteiger partial charge is 0.495 e. The van der Waals surface area contributed by atoms with Crippen LogP contribution in [-0.4, -0.2) is 53.0 Å². The predicted octanol–water partition coefficient (Wildman–Crippen LogP) is 1.82. The van der Waals surface area contributed by atoms with Gasteiger partial charge in [-0.25, -0.2) is 21.1 Å². The molecule has 28 heavy (non-hydrogen) atoms. The molecule has 1 aromatic carbocycles. The summed E-state index contributed by atoms with van der Waals surface area (Å²) >= 11 is 0. The molecule has 0 bridgehead atoms. The molecule has 0 atom stereocenters. The molecule has 2 saturated heterocycles.